The molecule has 0 aliphatic rings. The summed E-state index contributed by atoms with van der Waals surface area (Å²) in [4.78, 5) is 14.6. The molecule has 0 aliphatic heterocycles. The van der Waals surface area contributed by atoms with Gasteiger partial charge in [-0.1, -0.05) is 29.8 Å². The summed E-state index contributed by atoms with van der Waals surface area (Å²) in [5.74, 6) is -1.07. The molecule has 1 aromatic carbocycles. The summed E-state index contributed by atoms with van der Waals surface area (Å²) in [6.45, 7) is 0. The van der Waals surface area contributed by atoms with E-state index in [1.165, 1.54) is 6.07 Å². The maximum absolute atomic E-state index is 10.7. The SMILES string of the molecule is O=C(O)c1cc(Cl)c2ccccc2n1. The molecule has 0 radical (unpaired) electrons. The molecule has 1 heterocycles. The first kappa shape index (κ1) is 8.97. The zero-order valence-corrected chi connectivity index (χ0v) is 7.82. The Balaban J connectivity index is 2.78. The number of pyridine rings is 1. The minimum atomic E-state index is -1.07. The van der Waals surface area contributed by atoms with Crippen LogP contribution < -0.4 is 0 Å². The average molecular weight is 208 g/mol. The molecule has 0 aliphatic carbocycles. The highest BCUT2D eigenvalue weighted by Crippen LogP contribution is 2.22. The molecular weight excluding hydrogens is 202 g/mol. The summed E-state index contributed by atoms with van der Waals surface area (Å²) in [6.07, 6.45) is 0. The van der Waals surface area contributed by atoms with Crippen LogP contribution in [-0.4, -0.2) is 16.1 Å². The van der Waals surface area contributed by atoms with Crippen molar-refractivity contribution in [2.45, 2.75) is 0 Å². The Kier molecular flexibility index (Phi) is 2.09. The molecular formula is C10H6ClNO2. The Morgan fingerprint density at radius 1 is 1.36 bits per heavy atom. The van der Waals surface area contributed by atoms with Crippen molar-refractivity contribution in [3.63, 3.8) is 0 Å². The van der Waals surface area contributed by atoms with E-state index < -0.39 is 5.97 Å². The van der Waals surface area contributed by atoms with E-state index in [9.17, 15) is 4.79 Å². The van der Waals surface area contributed by atoms with Gasteiger partial charge in [0.05, 0.1) is 10.5 Å². The molecule has 3 nitrogen and oxygen atoms in total. The van der Waals surface area contributed by atoms with Gasteiger partial charge in [0.2, 0.25) is 0 Å². The van der Waals surface area contributed by atoms with Crippen molar-refractivity contribution in [2.24, 2.45) is 0 Å². The lowest BCUT2D eigenvalue weighted by Gasteiger charge is -2.00. The van der Waals surface area contributed by atoms with Gasteiger partial charge in [-0.2, -0.15) is 0 Å². The van der Waals surface area contributed by atoms with Crippen molar-refractivity contribution in [3.8, 4) is 0 Å². The topological polar surface area (TPSA) is 50.2 Å². The molecule has 0 spiro atoms. The minimum absolute atomic E-state index is 0.0336. The van der Waals surface area contributed by atoms with E-state index in [4.69, 9.17) is 16.7 Å². The van der Waals surface area contributed by atoms with Crippen molar-refractivity contribution in [1.29, 1.82) is 0 Å². The quantitative estimate of drug-likeness (QED) is 0.782. The number of aromatic nitrogens is 1. The second kappa shape index (κ2) is 3.27. The minimum Gasteiger partial charge on any atom is -0.477 e. The first-order valence-electron chi connectivity index (χ1n) is 3.97. The van der Waals surface area contributed by atoms with Gasteiger partial charge in [-0.3, -0.25) is 0 Å². The van der Waals surface area contributed by atoms with E-state index in [1.54, 1.807) is 18.2 Å². The fourth-order valence-corrected chi connectivity index (χ4v) is 1.51. The standard InChI is InChI=1S/C10H6ClNO2/c11-7-5-9(10(13)14)12-8-4-2-1-3-6(7)8/h1-5H,(H,13,14). The molecule has 0 fully saturated rings. The normalized spacial score (nSPS) is 10.4. The zero-order valence-electron chi connectivity index (χ0n) is 7.07. The lowest BCUT2D eigenvalue weighted by molar-refractivity contribution is 0.0691. The van der Waals surface area contributed by atoms with Crippen LogP contribution in [0.3, 0.4) is 0 Å². The Morgan fingerprint density at radius 2 is 2.07 bits per heavy atom. The summed E-state index contributed by atoms with van der Waals surface area (Å²) < 4.78 is 0. The fourth-order valence-electron chi connectivity index (χ4n) is 1.24. The lowest BCUT2D eigenvalue weighted by atomic mass is 10.2. The number of rotatable bonds is 1. The Labute approximate surface area is 85.0 Å². The molecule has 70 valence electrons. The highest BCUT2D eigenvalue weighted by Gasteiger charge is 2.08. The van der Waals surface area contributed by atoms with Gasteiger partial charge >= 0.3 is 5.97 Å². The van der Waals surface area contributed by atoms with Gasteiger partial charge in [0, 0.05) is 5.39 Å². The van der Waals surface area contributed by atoms with Crippen LogP contribution in [0, 0.1) is 0 Å². The number of aromatic carboxylic acids is 1. The number of halogens is 1. The van der Waals surface area contributed by atoms with Crippen LogP contribution in [0.25, 0.3) is 10.9 Å². The van der Waals surface area contributed by atoms with Crippen LogP contribution in [-0.2, 0) is 0 Å². The van der Waals surface area contributed by atoms with Crippen LogP contribution in [0.15, 0.2) is 30.3 Å². The van der Waals surface area contributed by atoms with Crippen LogP contribution >= 0.6 is 11.6 Å². The lowest BCUT2D eigenvalue weighted by Crippen LogP contribution is -2.00. The third-order valence-electron chi connectivity index (χ3n) is 1.88. The van der Waals surface area contributed by atoms with Crippen LogP contribution in [0.2, 0.25) is 5.02 Å². The van der Waals surface area contributed by atoms with E-state index in [-0.39, 0.29) is 5.69 Å². The third kappa shape index (κ3) is 1.42. The van der Waals surface area contributed by atoms with Crippen LogP contribution in [0.4, 0.5) is 0 Å². The molecule has 0 bridgehead atoms. The van der Waals surface area contributed by atoms with Crippen molar-refractivity contribution in [2.75, 3.05) is 0 Å². The van der Waals surface area contributed by atoms with Gasteiger partial charge in [-0.15, -0.1) is 0 Å². The number of hydrogen-bond donors (Lipinski definition) is 1. The fraction of sp³-hybridized carbons (Fsp3) is 0. The monoisotopic (exact) mass is 207 g/mol. The van der Waals surface area contributed by atoms with Gasteiger partial charge < -0.3 is 5.11 Å². The Hall–Kier alpha value is -1.61. The molecule has 4 heteroatoms. The number of carbonyl (C=O) groups is 1. The molecule has 14 heavy (non-hydrogen) atoms. The molecule has 2 aromatic rings. The number of benzene rings is 1. The molecule has 1 N–H and O–H groups in total. The predicted molar refractivity (Wildman–Crippen MR) is 53.7 cm³/mol. The average Bonchev–Trinajstić information content (AvgIpc) is 2.17. The second-order valence-electron chi connectivity index (χ2n) is 2.81. The second-order valence-corrected chi connectivity index (χ2v) is 3.22. The molecule has 0 unspecified atom stereocenters. The number of fused-ring (bicyclic) bond motifs is 1. The summed E-state index contributed by atoms with van der Waals surface area (Å²) >= 11 is 5.90. The van der Waals surface area contributed by atoms with Crippen molar-refractivity contribution in [1.82, 2.24) is 4.98 Å². The maximum atomic E-state index is 10.7. The van der Waals surface area contributed by atoms with E-state index in [0.29, 0.717) is 10.5 Å². The van der Waals surface area contributed by atoms with Gasteiger partial charge in [0.15, 0.2) is 0 Å². The molecule has 0 saturated heterocycles. The van der Waals surface area contributed by atoms with Gasteiger partial charge in [0.1, 0.15) is 5.69 Å². The molecule has 0 saturated carbocycles. The summed E-state index contributed by atoms with van der Waals surface area (Å²) in [7, 11) is 0. The largest absolute Gasteiger partial charge is 0.477 e. The van der Waals surface area contributed by atoms with E-state index in [2.05, 4.69) is 4.98 Å². The highest BCUT2D eigenvalue weighted by molar-refractivity contribution is 6.35. The number of nitrogens with zero attached hydrogens (tertiary/aromatic N) is 1. The molecule has 0 atom stereocenters. The smallest absolute Gasteiger partial charge is 0.354 e. The molecule has 0 amide bonds. The van der Waals surface area contributed by atoms with E-state index in [0.717, 1.165) is 5.39 Å². The van der Waals surface area contributed by atoms with Crippen molar-refractivity contribution < 1.29 is 9.90 Å². The van der Waals surface area contributed by atoms with Crippen LogP contribution in [0.5, 0.6) is 0 Å². The number of para-hydroxylation sites is 1. The summed E-state index contributed by atoms with van der Waals surface area (Å²) in [6, 6.07) is 8.50. The summed E-state index contributed by atoms with van der Waals surface area (Å²) in [5, 5.41) is 9.92. The zero-order chi connectivity index (χ0) is 10.1. The summed E-state index contributed by atoms with van der Waals surface area (Å²) in [5.41, 5.74) is 0.561. The predicted octanol–water partition coefficient (Wildman–Crippen LogP) is 2.59. The highest BCUT2D eigenvalue weighted by atomic mass is 35.5. The Morgan fingerprint density at radius 3 is 2.79 bits per heavy atom. The Bertz CT molecular complexity index is 510. The third-order valence-corrected chi connectivity index (χ3v) is 2.20. The van der Waals surface area contributed by atoms with Gasteiger partial charge in [0.25, 0.3) is 0 Å². The first-order valence-corrected chi connectivity index (χ1v) is 4.35. The van der Waals surface area contributed by atoms with Gasteiger partial charge in [-0.05, 0) is 12.1 Å². The first-order chi connectivity index (χ1) is 6.68. The van der Waals surface area contributed by atoms with E-state index >= 15 is 0 Å². The number of carboxylic acid groups (broad SMARTS) is 1. The number of carboxylic acids is 1. The van der Waals surface area contributed by atoms with Crippen molar-refractivity contribution in [3.05, 3.63) is 41.0 Å². The van der Waals surface area contributed by atoms with Gasteiger partial charge in [-0.25, -0.2) is 9.78 Å². The van der Waals surface area contributed by atoms with Crippen LogP contribution in [0.1, 0.15) is 10.5 Å². The van der Waals surface area contributed by atoms with Crippen molar-refractivity contribution >= 4 is 28.5 Å². The molecule has 2 rings (SSSR count). The van der Waals surface area contributed by atoms with E-state index in [1.807, 2.05) is 6.07 Å². The maximum Gasteiger partial charge on any atom is 0.354 e. The number of hydrogen-bond acceptors (Lipinski definition) is 2. The molecule has 1 aromatic heterocycles.